The lowest BCUT2D eigenvalue weighted by Gasteiger charge is -2.07. The Morgan fingerprint density at radius 3 is 3.00 bits per heavy atom. The average molecular weight is 227 g/mol. The first-order chi connectivity index (χ1) is 7.05. The summed E-state index contributed by atoms with van der Waals surface area (Å²) in [4.78, 5) is 7.13. The number of imidazole rings is 1. The molecule has 0 bridgehead atoms. The Kier molecular flexibility index (Phi) is 2.62. The fourth-order valence-corrected chi connectivity index (χ4v) is 2.78. The van der Waals surface area contributed by atoms with Crippen LogP contribution in [0.15, 0.2) is 17.7 Å². The lowest BCUT2D eigenvalue weighted by molar-refractivity contribution is 0.588. The zero-order chi connectivity index (χ0) is 10.9. The second-order valence-electron chi connectivity index (χ2n) is 3.64. The van der Waals surface area contributed by atoms with Crippen LogP contribution in [0.1, 0.15) is 11.5 Å². The maximum absolute atomic E-state index is 11.1. The van der Waals surface area contributed by atoms with E-state index in [1.165, 1.54) is 5.41 Å². The Morgan fingerprint density at radius 2 is 2.47 bits per heavy atom. The number of aromatic amines is 1. The lowest BCUT2D eigenvalue weighted by Crippen LogP contribution is -2.29. The van der Waals surface area contributed by atoms with Crippen LogP contribution in [0, 0.1) is 6.92 Å². The van der Waals surface area contributed by atoms with Gasteiger partial charge in [0.15, 0.2) is 9.84 Å². The molecule has 1 aromatic rings. The van der Waals surface area contributed by atoms with Gasteiger partial charge >= 0.3 is 0 Å². The zero-order valence-corrected chi connectivity index (χ0v) is 9.21. The Bertz CT molecular complexity index is 475. The number of sulfone groups is 1. The predicted octanol–water partition coefficient (Wildman–Crippen LogP) is 0.118. The monoisotopic (exact) mass is 227 g/mol. The molecule has 0 saturated carbocycles. The highest BCUT2D eigenvalue weighted by Crippen LogP contribution is 2.08. The van der Waals surface area contributed by atoms with Gasteiger partial charge in [0, 0.05) is 29.9 Å². The van der Waals surface area contributed by atoms with Crippen molar-refractivity contribution >= 4 is 9.84 Å². The van der Waals surface area contributed by atoms with E-state index in [0.717, 1.165) is 11.5 Å². The van der Waals surface area contributed by atoms with Crippen LogP contribution < -0.4 is 5.32 Å². The van der Waals surface area contributed by atoms with E-state index in [9.17, 15) is 8.42 Å². The van der Waals surface area contributed by atoms with Gasteiger partial charge in [-0.15, -0.1) is 0 Å². The van der Waals surface area contributed by atoms with Gasteiger partial charge < -0.3 is 10.3 Å². The van der Waals surface area contributed by atoms with Crippen molar-refractivity contribution in [3.05, 3.63) is 29.2 Å². The summed E-state index contributed by atoms with van der Waals surface area (Å²) >= 11 is 0. The van der Waals surface area contributed by atoms with Gasteiger partial charge in [-0.2, -0.15) is 0 Å². The van der Waals surface area contributed by atoms with Crippen LogP contribution in [0.2, 0.25) is 0 Å². The summed E-state index contributed by atoms with van der Waals surface area (Å²) in [7, 11) is -2.96. The van der Waals surface area contributed by atoms with Gasteiger partial charge in [-0.3, -0.25) is 0 Å². The first-order valence-corrected chi connectivity index (χ1v) is 6.41. The number of aryl methyl sites for hydroxylation is 1. The summed E-state index contributed by atoms with van der Waals surface area (Å²) in [5.74, 6) is 1.02. The molecule has 1 atom stereocenters. The number of hydrogen-bond donors (Lipinski definition) is 2. The molecule has 0 aliphatic carbocycles. The number of nitrogens with one attached hydrogen (secondary N) is 2. The highest BCUT2D eigenvalue weighted by Gasteiger charge is 2.20. The summed E-state index contributed by atoms with van der Waals surface area (Å²) in [6.07, 6.45) is 3.42. The molecular formula is C9H13N3O2S. The average Bonchev–Trinajstić information content (AvgIpc) is 2.69. The first-order valence-electron chi connectivity index (χ1n) is 4.70. The number of nitrogens with zero attached hydrogens (tertiary/aromatic N) is 1. The van der Waals surface area contributed by atoms with Crippen LogP contribution in [0.5, 0.6) is 0 Å². The van der Waals surface area contributed by atoms with Gasteiger partial charge in [-0.25, -0.2) is 13.4 Å². The predicted molar refractivity (Wildman–Crippen MR) is 56.9 cm³/mol. The second kappa shape index (κ2) is 3.79. The van der Waals surface area contributed by atoms with Crippen molar-refractivity contribution in [3.63, 3.8) is 0 Å². The molecule has 1 aliphatic rings. The maximum Gasteiger partial charge on any atom is 0.173 e. The van der Waals surface area contributed by atoms with E-state index in [4.69, 9.17) is 0 Å². The van der Waals surface area contributed by atoms with E-state index in [1.54, 1.807) is 12.3 Å². The van der Waals surface area contributed by atoms with E-state index in [1.807, 2.05) is 6.92 Å². The Hall–Kier alpha value is -1.14. The summed E-state index contributed by atoms with van der Waals surface area (Å²) in [6, 6.07) is -0.0846. The topological polar surface area (TPSA) is 74.8 Å². The molecular weight excluding hydrogens is 214 g/mol. The molecule has 1 aromatic heterocycles. The van der Waals surface area contributed by atoms with Gasteiger partial charge in [0.1, 0.15) is 5.82 Å². The van der Waals surface area contributed by atoms with Crippen LogP contribution in [-0.2, 0) is 16.4 Å². The Balaban J connectivity index is 1.88. The quantitative estimate of drug-likeness (QED) is 0.769. The van der Waals surface area contributed by atoms with Crippen molar-refractivity contribution in [2.24, 2.45) is 0 Å². The minimum absolute atomic E-state index is 0.0846. The number of aromatic nitrogens is 2. The van der Waals surface area contributed by atoms with E-state index in [0.29, 0.717) is 6.54 Å². The van der Waals surface area contributed by atoms with E-state index in [2.05, 4.69) is 15.3 Å². The molecule has 0 radical (unpaired) electrons. The van der Waals surface area contributed by atoms with Crippen LogP contribution >= 0.6 is 0 Å². The molecule has 5 nitrogen and oxygen atoms in total. The molecule has 0 amide bonds. The molecule has 15 heavy (non-hydrogen) atoms. The molecule has 1 unspecified atom stereocenters. The van der Waals surface area contributed by atoms with Gasteiger partial charge in [0.2, 0.25) is 0 Å². The minimum atomic E-state index is -2.96. The standard InChI is InChI=1S/C9H13N3O2S/c1-7-10-4-9(12-7)5-11-8-2-3-15(13,14)6-8/h2-4,8,11H,5-6H2,1H3,(H,10,12). The molecule has 0 aromatic carbocycles. The van der Waals surface area contributed by atoms with Crippen LogP contribution in [0.4, 0.5) is 0 Å². The second-order valence-corrected chi connectivity index (χ2v) is 5.57. The van der Waals surface area contributed by atoms with Crippen LogP contribution in [-0.4, -0.2) is 30.2 Å². The maximum atomic E-state index is 11.1. The van der Waals surface area contributed by atoms with Gasteiger partial charge in [0.05, 0.1) is 5.75 Å². The third-order valence-electron chi connectivity index (χ3n) is 2.24. The third kappa shape index (κ3) is 2.66. The summed E-state index contributed by atoms with van der Waals surface area (Å²) in [5, 5.41) is 4.40. The first kappa shape index (κ1) is 10.4. The number of H-pyrrole nitrogens is 1. The summed E-state index contributed by atoms with van der Waals surface area (Å²) in [6.45, 7) is 2.48. The van der Waals surface area contributed by atoms with Gasteiger partial charge in [-0.1, -0.05) is 6.08 Å². The van der Waals surface area contributed by atoms with Crippen molar-refractivity contribution in [1.82, 2.24) is 15.3 Å². The van der Waals surface area contributed by atoms with Crippen LogP contribution in [0.3, 0.4) is 0 Å². The van der Waals surface area contributed by atoms with Crippen molar-refractivity contribution in [1.29, 1.82) is 0 Å². The smallest absolute Gasteiger partial charge is 0.173 e. The lowest BCUT2D eigenvalue weighted by atomic mass is 10.3. The van der Waals surface area contributed by atoms with Crippen molar-refractivity contribution < 1.29 is 8.42 Å². The molecule has 2 heterocycles. The molecule has 1 aliphatic heterocycles. The molecule has 6 heteroatoms. The Morgan fingerprint density at radius 1 is 1.67 bits per heavy atom. The van der Waals surface area contributed by atoms with E-state index in [-0.39, 0.29) is 11.8 Å². The summed E-state index contributed by atoms with van der Waals surface area (Å²) in [5.41, 5.74) is 0.963. The fraction of sp³-hybridized carbons (Fsp3) is 0.444. The normalized spacial score (nSPS) is 23.4. The highest BCUT2D eigenvalue weighted by atomic mass is 32.2. The molecule has 0 fully saturated rings. The third-order valence-corrected chi connectivity index (χ3v) is 3.64. The fourth-order valence-electron chi connectivity index (χ4n) is 1.51. The van der Waals surface area contributed by atoms with E-state index < -0.39 is 9.84 Å². The number of rotatable bonds is 3. The molecule has 82 valence electrons. The molecule has 2 rings (SSSR count). The highest BCUT2D eigenvalue weighted by molar-refractivity contribution is 7.94. The molecule has 0 spiro atoms. The van der Waals surface area contributed by atoms with Crippen molar-refractivity contribution in [2.75, 3.05) is 5.75 Å². The Labute approximate surface area is 88.5 Å². The minimum Gasteiger partial charge on any atom is -0.345 e. The SMILES string of the molecule is Cc1ncc(CNC2C=CS(=O)(=O)C2)[nH]1. The number of hydrogen-bond acceptors (Lipinski definition) is 4. The largest absolute Gasteiger partial charge is 0.345 e. The summed E-state index contributed by atoms with van der Waals surface area (Å²) < 4.78 is 22.2. The van der Waals surface area contributed by atoms with E-state index >= 15 is 0 Å². The zero-order valence-electron chi connectivity index (χ0n) is 8.40. The van der Waals surface area contributed by atoms with Crippen LogP contribution in [0.25, 0.3) is 0 Å². The van der Waals surface area contributed by atoms with Gasteiger partial charge in [-0.05, 0) is 6.92 Å². The van der Waals surface area contributed by atoms with Gasteiger partial charge in [0.25, 0.3) is 0 Å². The van der Waals surface area contributed by atoms with Crippen molar-refractivity contribution in [2.45, 2.75) is 19.5 Å². The van der Waals surface area contributed by atoms with Crippen molar-refractivity contribution in [3.8, 4) is 0 Å². The molecule has 2 N–H and O–H groups in total. The molecule has 0 saturated heterocycles.